The van der Waals surface area contributed by atoms with Gasteiger partial charge in [0.2, 0.25) is 0 Å². The zero-order chi connectivity index (χ0) is 11.9. The molecule has 0 saturated heterocycles. The Bertz CT molecular complexity index is 430. The van der Waals surface area contributed by atoms with Crippen molar-refractivity contribution in [1.82, 2.24) is 10.3 Å². The molecule has 0 saturated carbocycles. The molecule has 5 heteroatoms. The van der Waals surface area contributed by atoms with Crippen molar-refractivity contribution in [2.24, 2.45) is 0 Å². The highest BCUT2D eigenvalue weighted by Crippen LogP contribution is 2.15. The van der Waals surface area contributed by atoms with Crippen LogP contribution in [0.1, 0.15) is 4.88 Å². The first kappa shape index (κ1) is 12.5. The number of thiazole rings is 1. The van der Waals surface area contributed by atoms with Gasteiger partial charge in [0.1, 0.15) is 12.4 Å². The number of nitrogens with one attached hydrogen (secondary N) is 1. The average Bonchev–Trinajstić information content (AvgIpc) is 2.84. The third-order valence-corrected chi connectivity index (χ3v) is 3.45. The summed E-state index contributed by atoms with van der Waals surface area (Å²) in [7, 11) is 0. The molecular weight excluding hydrogens is 300 g/mol. The van der Waals surface area contributed by atoms with Crippen molar-refractivity contribution in [2.45, 2.75) is 6.54 Å². The Labute approximate surface area is 113 Å². The molecule has 0 amide bonds. The summed E-state index contributed by atoms with van der Waals surface area (Å²) in [6.45, 7) is 2.35. The highest BCUT2D eigenvalue weighted by Gasteiger charge is 1.95. The van der Waals surface area contributed by atoms with Crippen LogP contribution in [0.15, 0.2) is 40.4 Å². The predicted molar refractivity (Wildman–Crippen MR) is 73.5 cm³/mol. The first-order chi connectivity index (χ1) is 8.34. The fraction of sp³-hybridized carbons (Fsp3) is 0.250. The second-order valence-corrected chi connectivity index (χ2v) is 5.33. The van der Waals surface area contributed by atoms with Crippen LogP contribution in [0.3, 0.4) is 0 Å². The number of halogens is 1. The van der Waals surface area contributed by atoms with Gasteiger partial charge in [0.25, 0.3) is 0 Å². The number of aromatic nitrogens is 1. The molecule has 0 unspecified atom stereocenters. The van der Waals surface area contributed by atoms with E-state index in [2.05, 4.69) is 26.2 Å². The summed E-state index contributed by atoms with van der Waals surface area (Å²) in [6.07, 6.45) is 1.88. The Kier molecular flexibility index (Phi) is 4.97. The molecule has 1 N–H and O–H groups in total. The SMILES string of the molecule is Brc1ccc(OCCNCc2cncs2)cc1. The van der Waals surface area contributed by atoms with Gasteiger partial charge in [0, 0.05) is 28.6 Å². The molecular formula is C12H13BrN2OS. The fourth-order valence-electron chi connectivity index (χ4n) is 1.31. The highest BCUT2D eigenvalue weighted by molar-refractivity contribution is 9.10. The van der Waals surface area contributed by atoms with Gasteiger partial charge in [-0.3, -0.25) is 4.98 Å². The third-order valence-electron chi connectivity index (χ3n) is 2.14. The zero-order valence-electron chi connectivity index (χ0n) is 9.23. The van der Waals surface area contributed by atoms with Gasteiger partial charge < -0.3 is 10.1 Å². The van der Waals surface area contributed by atoms with E-state index in [1.807, 2.05) is 36.0 Å². The molecule has 0 bridgehead atoms. The minimum absolute atomic E-state index is 0.667. The number of nitrogens with zero attached hydrogens (tertiary/aromatic N) is 1. The van der Waals surface area contributed by atoms with Gasteiger partial charge >= 0.3 is 0 Å². The molecule has 2 rings (SSSR count). The first-order valence-corrected chi connectivity index (χ1v) is 6.98. The zero-order valence-corrected chi connectivity index (χ0v) is 11.6. The predicted octanol–water partition coefficient (Wildman–Crippen LogP) is 3.07. The minimum Gasteiger partial charge on any atom is -0.492 e. The lowest BCUT2D eigenvalue weighted by atomic mass is 10.3. The highest BCUT2D eigenvalue weighted by atomic mass is 79.9. The lowest BCUT2D eigenvalue weighted by molar-refractivity contribution is 0.314. The third kappa shape index (κ3) is 4.46. The summed E-state index contributed by atoms with van der Waals surface area (Å²) in [5.41, 5.74) is 1.84. The van der Waals surface area contributed by atoms with Crippen LogP contribution in [0, 0.1) is 0 Å². The maximum atomic E-state index is 5.58. The van der Waals surface area contributed by atoms with E-state index in [1.165, 1.54) is 4.88 Å². The number of rotatable bonds is 6. The van der Waals surface area contributed by atoms with Gasteiger partial charge in [0.15, 0.2) is 0 Å². The van der Waals surface area contributed by atoms with Crippen molar-refractivity contribution in [3.8, 4) is 5.75 Å². The van der Waals surface area contributed by atoms with Crippen LogP contribution in [0.4, 0.5) is 0 Å². The molecule has 2 aromatic rings. The van der Waals surface area contributed by atoms with E-state index in [0.717, 1.165) is 23.3 Å². The van der Waals surface area contributed by atoms with Crippen molar-refractivity contribution in [3.63, 3.8) is 0 Å². The molecule has 90 valence electrons. The molecule has 0 aliphatic carbocycles. The summed E-state index contributed by atoms with van der Waals surface area (Å²) in [6, 6.07) is 7.85. The van der Waals surface area contributed by atoms with Gasteiger partial charge in [-0.25, -0.2) is 0 Å². The van der Waals surface area contributed by atoms with Gasteiger partial charge in [-0.1, -0.05) is 15.9 Å². The van der Waals surface area contributed by atoms with Gasteiger partial charge in [-0.2, -0.15) is 0 Å². The van der Waals surface area contributed by atoms with Crippen molar-refractivity contribution in [2.75, 3.05) is 13.2 Å². The lowest BCUT2D eigenvalue weighted by Crippen LogP contribution is -2.20. The van der Waals surface area contributed by atoms with E-state index in [0.29, 0.717) is 6.61 Å². The summed E-state index contributed by atoms with van der Waals surface area (Å²) in [4.78, 5) is 5.26. The molecule has 17 heavy (non-hydrogen) atoms. The molecule has 3 nitrogen and oxygen atoms in total. The van der Waals surface area contributed by atoms with Crippen LogP contribution in [-0.4, -0.2) is 18.1 Å². The Morgan fingerprint density at radius 1 is 1.29 bits per heavy atom. The van der Waals surface area contributed by atoms with Gasteiger partial charge in [0.05, 0.1) is 5.51 Å². The van der Waals surface area contributed by atoms with E-state index in [1.54, 1.807) is 11.3 Å². The van der Waals surface area contributed by atoms with Crippen LogP contribution >= 0.6 is 27.3 Å². The topological polar surface area (TPSA) is 34.1 Å². The second kappa shape index (κ2) is 6.74. The normalized spacial score (nSPS) is 10.4. The van der Waals surface area contributed by atoms with Crippen molar-refractivity contribution in [3.05, 3.63) is 45.3 Å². The summed E-state index contributed by atoms with van der Waals surface area (Å²) < 4.78 is 6.65. The molecule has 0 atom stereocenters. The first-order valence-electron chi connectivity index (χ1n) is 5.31. The average molecular weight is 313 g/mol. The van der Waals surface area contributed by atoms with Crippen LogP contribution in [0.5, 0.6) is 5.75 Å². The Hall–Kier alpha value is -0.910. The Balaban J connectivity index is 1.61. The van der Waals surface area contributed by atoms with E-state index >= 15 is 0 Å². The van der Waals surface area contributed by atoms with Gasteiger partial charge in [-0.05, 0) is 24.3 Å². The quantitative estimate of drug-likeness (QED) is 0.832. The van der Waals surface area contributed by atoms with Gasteiger partial charge in [-0.15, -0.1) is 11.3 Å². The van der Waals surface area contributed by atoms with E-state index in [4.69, 9.17) is 4.74 Å². The van der Waals surface area contributed by atoms with Crippen LogP contribution in [0.25, 0.3) is 0 Å². The largest absolute Gasteiger partial charge is 0.492 e. The molecule has 0 aliphatic rings. The molecule has 0 radical (unpaired) electrons. The lowest BCUT2D eigenvalue weighted by Gasteiger charge is -2.06. The van der Waals surface area contributed by atoms with E-state index < -0.39 is 0 Å². The number of benzene rings is 1. The van der Waals surface area contributed by atoms with Crippen molar-refractivity contribution < 1.29 is 4.74 Å². The van der Waals surface area contributed by atoms with Crippen molar-refractivity contribution >= 4 is 27.3 Å². The standard InChI is InChI=1S/C12H13BrN2OS/c13-10-1-3-11(4-2-10)16-6-5-14-7-12-8-15-9-17-12/h1-4,8-9,14H,5-7H2. The van der Waals surface area contributed by atoms with Crippen LogP contribution < -0.4 is 10.1 Å². The summed E-state index contributed by atoms with van der Waals surface area (Å²) in [5.74, 6) is 0.896. The second-order valence-electron chi connectivity index (χ2n) is 3.45. The molecule has 1 aromatic carbocycles. The maximum absolute atomic E-state index is 5.58. The molecule has 0 fully saturated rings. The Morgan fingerprint density at radius 2 is 2.12 bits per heavy atom. The number of hydrogen-bond acceptors (Lipinski definition) is 4. The summed E-state index contributed by atoms with van der Waals surface area (Å²) >= 11 is 5.05. The molecule has 1 aromatic heterocycles. The smallest absolute Gasteiger partial charge is 0.119 e. The van der Waals surface area contributed by atoms with Crippen molar-refractivity contribution in [1.29, 1.82) is 0 Å². The van der Waals surface area contributed by atoms with E-state index in [9.17, 15) is 0 Å². The maximum Gasteiger partial charge on any atom is 0.119 e. The van der Waals surface area contributed by atoms with E-state index in [-0.39, 0.29) is 0 Å². The van der Waals surface area contributed by atoms with Crippen LogP contribution in [-0.2, 0) is 6.54 Å². The molecule has 0 spiro atoms. The Morgan fingerprint density at radius 3 is 2.82 bits per heavy atom. The minimum atomic E-state index is 0.667. The monoisotopic (exact) mass is 312 g/mol. The molecule has 0 aliphatic heterocycles. The summed E-state index contributed by atoms with van der Waals surface area (Å²) in [5, 5.41) is 3.31. The van der Waals surface area contributed by atoms with Crippen LogP contribution in [0.2, 0.25) is 0 Å². The number of hydrogen-bond donors (Lipinski definition) is 1. The fourth-order valence-corrected chi connectivity index (χ4v) is 2.14. The molecule has 1 heterocycles. The number of ether oxygens (including phenoxy) is 1.